The van der Waals surface area contributed by atoms with Gasteiger partial charge < -0.3 is 10.5 Å². The van der Waals surface area contributed by atoms with Gasteiger partial charge in [0.05, 0.1) is 5.56 Å². The zero-order valence-electron chi connectivity index (χ0n) is 11.1. The van der Waals surface area contributed by atoms with Crippen LogP contribution < -0.4 is 10.5 Å². The van der Waals surface area contributed by atoms with Gasteiger partial charge in [-0.1, -0.05) is 36.4 Å². The number of rotatable bonds is 3. The molecule has 0 radical (unpaired) electrons. The quantitative estimate of drug-likeness (QED) is 0.561. The van der Waals surface area contributed by atoms with Crippen LogP contribution in [-0.4, -0.2) is 5.84 Å². The summed E-state index contributed by atoms with van der Waals surface area (Å²) in [6.07, 6.45) is 0. The van der Waals surface area contributed by atoms with E-state index in [9.17, 15) is 4.39 Å². The number of ether oxygens (including phenoxy) is 1. The number of halogens is 1. The van der Waals surface area contributed by atoms with Crippen molar-refractivity contribution in [2.45, 2.75) is 0 Å². The first-order valence-corrected chi connectivity index (χ1v) is 6.45. The predicted octanol–water partition coefficient (Wildman–Crippen LogP) is 4.06. The summed E-state index contributed by atoms with van der Waals surface area (Å²) >= 11 is 0. The van der Waals surface area contributed by atoms with E-state index in [1.54, 1.807) is 0 Å². The fourth-order valence-corrected chi connectivity index (χ4v) is 2.20. The molecule has 3 N–H and O–H groups in total. The van der Waals surface area contributed by atoms with Crippen LogP contribution in [0.2, 0.25) is 0 Å². The molecule has 104 valence electrons. The molecule has 0 spiro atoms. The molecule has 0 bridgehead atoms. The molecule has 0 unspecified atom stereocenters. The highest BCUT2D eigenvalue weighted by atomic mass is 19.1. The van der Waals surface area contributed by atoms with Crippen LogP contribution in [0.1, 0.15) is 5.56 Å². The second-order valence-electron chi connectivity index (χ2n) is 4.63. The molecular formula is C17H13FN2O. The fraction of sp³-hybridized carbons (Fsp3) is 0. The van der Waals surface area contributed by atoms with Gasteiger partial charge in [-0.3, -0.25) is 5.41 Å². The Balaban J connectivity index is 2.09. The van der Waals surface area contributed by atoms with Gasteiger partial charge in [-0.15, -0.1) is 0 Å². The second-order valence-corrected chi connectivity index (χ2v) is 4.63. The molecule has 0 heterocycles. The van der Waals surface area contributed by atoms with Crippen LogP contribution in [0.4, 0.5) is 4.39 Å². The van der Waals surface area contributed by atoms with Crippen molar-refractivity contribution in [3.63, 3.8) is 0 Å². The summed E-state index contributed by atoms with van der Waals surface area (Å²) in [5.41, 5.74) is 5.73. The Morgan fingerprint density at radius 3 is 2.52 bits per heavy atom. The number of fused-ring (bicyclic) bond motifs is 1. The van der Waals surface area contributed by atoms with Crippen LogP contribution in [0, 0.1) is 11.2 Å². The second kappa shape index (κ2) is 5.25. The summed E-state index contributed by atoms with van der Waals surface area (Å²) in [6.45, 7) is 0. The molecule has 3 aromatic carbocycles. The van der Waals surface area contributed by atoms with Gasteiger partial charge in [0.1, 0.15) is 23.2 Å². The van der Waals surface area contributed by atoms with Gasteiger partial charge in [-0.2, -0.15) is 0 Å². The molecule has 0 amide bonds. The number of hydrogen-bond donors (Lipinski definition) is 2. The van der Waals surface area contributed by atoms with E-state index in [1.165, 1.54) is 18.2 Å². The van der Waals surface area contributed by atoms with E-state index in [2.05, 4.69) is 0 Å². The smallest absolute Gasteiger partial charge is 0.138 e. The van der Waals surface area contributed by atoms with Gasteiger partial charge in [0, 0.05) is 5.39 Å². The Hall–Kier alpha value is -2.88. The average Bonchev–Trinajstić information content (AvgIpc) is 2.49. The van der Waals surface area contributed by atoms with E-state index >= 15 is 0 Å². The SMILES string of the molecule is N=C(N)c1cc(F)ccc1Oc1cccc2ccccc12. The lowest BCUT2D eigenvalue weighted by molar-refractivity contribution is 0.485. The highest BCUT2D eigenvalue weighted by Gasteiger charge is 2.10. The molecule has 0 atom stereocenters. The first-order chi connectivity index (χ1) is 10.1. The van der Waals surface area contributed by atoms with Crippen molar-refractivity contribution in [1.82, 2.24) is 0 Å². The van der Waals surface area contributed by atoms with Crippen molar-refractivity contribution < 1.29 is 9.13 Å². The monoisotopic (exact) mass is 280 g/mol. The van der Waals surface area contributed by atoms with Gasteiger partial charge in [-0.05, 0) is 29.7 Å². The third kappa shape index (κ3) is 2.56. The standard InChI is InChI=1S/C17H13FN2O/c18-12-8-9-16(14(10-12)17(19)20)21-15-7-3-5-11-4-1-2-6-13(11)15/h1-10H,(H3,19,20). The van der Waals surface area contributed by atoms with Crippen molar-refractivity contribution in [3.8, 4) is 11.5 Å². The molecule has 3 nitrogen and oxygen atoms in total. The third-order valence-corrected chi connectivity index (χ3v) is 3.20. The third-order valence-electron chi connectivity index (χ3n) is 3.20. The van der Waals surface area contributed by atoms with Crippen LogP contribution in [0.5, 0.6) is 11.5 Å². The van der Waals surface area contributed by atoms with Crippen LogP contribution in [0.15, 0.2) is 60.7 Å². The van der Waals surface area contributed by atoms with Gasteiger partial charge in [-0.25, -0.2) is 4.39 Å². The number of amidine groups is 1. The minimum atomic E-state index is -0.453. The summed E-state index contributed by atoms with van der Waals surface area (Å²) in [5.74, 6) is 0.317. The summed E-state index contributed by atoms with van der Waals surface area (Å²) in [6, 6.07) is 17.5. The zero-order valence-corrected chi connectivity index (χ0v) is 11.1. The minimum Gasteiger partial charge on any atom is -0.456 e. The van der Waals surface area contributed by atoms with E-state index in [-0.39, 0.29) is 11.4 Å². The molecule has 0 saturated carbocycles. The molecule has 21 heavy (non-hydrogen) atoms. The number of nitrogens with one attached hydrogen (secondary N) is 1. The maximum Gasteiger partial charge on any atom is 0.138 e. The Labute approximate surface area is 121 Å². The molecule has 0 saturated heterocycles. The van der Waals surface area contributed by atoms with E-state index in [4.69, 9.17) is 15.9 Å². The molecule has 3 rings (SSSR count). The summed E-state index contributed by atoms with van der Waals surface area (Å²) in [5, 5.41) is 9.52. The summed E-state index contributed by atoms with van der Waals surface area (Å²) in [7, 11) is 0. The molecule has 0 aliphatic rings. The zero-order chi connectivity index (χ0) is 14.8. The number of benzene rings is 3. The minimum absolute atomic E-state index is 0.232. The normalized spacial score (nSPS) is 10.5. The molecule has 0 aliphatic heterocycles. The topological polar surface area (TPSA) is 59.1 Å². The maximum atomic E-state index is 13.3. The molecule has 4 heteroatoms. The van der Waals surface area contributed by atoms with Crippen molar-refractivity contribution in [3.05, 3.63) is 72.0 Å². The van der Waals surface area contributed by atoms with Crippen LogP contribution in [0.3, 0.4) is 0 Å². The van der Waals surface area contributed by atoms with Gasteiger partial charge >= 0.3 is 0 Å². The van der Waals surface area contributed by atoms with E-state index < -0.39 is 5.82 Å². The van der Waals surface area contributed by atoms with Crippen LogP contribution in [-0.2, 0) is 0 Å². The number of nitrogens with two attached hydrogens (primary N) is 1. The molecular weight excluding hydrogens is 267 g/mol. The lowest BCUT2D eigenvalue weighted by Gasteiger charge is -2.12. The van der Waals surface area contributed by atoms with E-state index in [1.807, 2.05) is 42.5 Å². The molecule has 0 fully saturated rings. The predicted molar refractivity (Wildman–Crippen MR) is 81.4 cm³/mol. The van der Waals surface area contributed by atoms with Gasteiger partial charge in [0.25, 0.3) is 0 Å². The van der Waals surface area contributed by atoms with Crippen molar-refractivity contribution in [2.75, 3.05) is 0 Å². The Morgan fingerprint density at radius 1 is 0.952 bits per heavy atom. The fourth-order valence-electron chi connectivity index (χ4n) is 2.20. The maximum absolute atomic E-state index is 13.3. The van der Waals surface area contributed by atoms with Crippen molar-refractivity contribution in [2.24, 2.45) is 5.73 Å². The Kier molecular flexibility index (Phi) is 3.28. The van der Waals surface area contributed by atoms with Gasteiger partial charge in [0.15, 0.2) is 0 Å². The van der Waals surface area contributed by atoms with E-state index in [0.717, 1.165) is 10.8 Å². The molecule has 3 aromatic rings. The lowest BCUT2D eigenvalue weighted by Crippen LogP contribution is -2.12. The first-order valence-electron chi connectivity index (χ1n) is 6.45. The highest BCUT2D eigenvalue weighted by molar-refractivity contribution is 5.98. The summed E-state index contributed by atoms with van der Waals surface area (Å²) < 4.78 is 19.1. The van der Waals surface area contributed by atoms with Crippen LogP contribution in [0.25, 0.3) is 10.8 Å². The average molecular weight is 280 g/mol. The summed E-state index contributed by atoms with van der Waals surface area (Å²) in [4.78, 5) is 0. The van der Waals surface area contributed by atoms with E-state index in [0.29, 0.717) is 11.5 Å². The first kappa shape index (κ1) is 13.1. The van der Waals surface area contributed by atoms with Gasteiger partial charge in [0.2, 0.25) is 0 Å². The Morgan fingerprint density at radius 2 is 1.71 bits per heavy atom. The highest BCUT2D eigenvalue weighted by Crippen LogP contribution is 2.31. The number of nitrogen functional groups attached to an aromatic ring is 1. The van der Waals surface area contributed by atoms with Crippen molar-refractivity contribution in [1.29, 1.82) is 5.41 Å². The van der Waals surface area contributed by atoms with Crippen LogP contribution >= 0.6 is 0 Å². The lowest BCUT2D eigenvalue weighted by atomic mass is 10.1. The number of hydrogen-bond acceptors (Lipinski definition) is 2. The Bertz CT molecular complexity index is 825. The molecule has 0 aromatic heterocycles. The largest absolute Gasteiger partial charge is 0.456 e. The van der Waals surface area contributed by atoms with Crippen molar-refractivity contribution >= 4 is 16.6 Å². The molecule has 0 aliphatic carbocycles.